The molecule has 24 heavy (non-hydrogen) atoms. The van der Waals surface area contributed by atoms with Gasteiger partial charge in [0.25, 0.3) is 0 Å². The minimum Gasteiger partial charge on any atom is -0.411 e. The van der Waals surface area contributed by atoms with Crippen LogP contribution in [0, 0.1) is 0 Å². The molecule has 2 aromatic carbocycles. The summed E-state index contributed by atoms with van der Waals surface area (Å²) in [7, 11) is 0. The summed E-state index contributed by atoms with van der Waals surface area (Å²) >= 11 is 0. The molecule has 0 aromatic heterocycles. The minimum atomic E-state index is 0.401. The highest BCUT2D eigenvalue weighted by Crippen LogP contribution is 2.42. The van der Waals surface area contributed by atoms with Gasteiger partial charge in [0.05, 0.1) is 5.71 Å². The highest BCUT2D eigenvalue weighted by atomic mass is 16.4. The average Bonchev–Trinajstić information content (AvgIpc) is 2.72. The molecule has 1 N–H and O–H groups in total. The van der Waals surface area contributed by atoms with E-state index in [1.807, 2.05) is 33.8 Å². The molecule has 0 saturated heterocycles. The molecule has 2 unspecified atom stereocenters. The number of rotatable bonds is 2. The molecule has 130 valence electrons. The van der Waals surface area contributed by atoms with Gasteiger partial charge in [0.2, 0.25) is 0 Å². The van der Waals surface area contributed by atoms with E-state index in [1.165, 1.54) is 11.1 Å². The van der Waals surface area contributed by atoms with Crippen LogP contribution < -0.4 is 0 Å². The van der Waals surface area contributed by atoms with Crippen LogP contribution in [0.1, 0.15) is 69.9 Å². The van der Waals surface area contributed by atoms with Crippen molar-refractivity contribution in [1.82, 2.24) is 0 Å². The molecule has 0 radical (unpaired) electrons. The zero-order valence-electron chi connectivity index (χ0n) is 15.4. The second kappa shape index (κ2) is 11.4. The predicted octanol–water partition coefficient (Wildman–Crippen LogP) is 6.62. The molecule has 1 aliphatic rings. The van der Waals surface area contributed by atoms with E-state index < -0.39 is 0 Å². The van der Waals surface area contributed by atoms with Crippen molar-refractivity contribution in [2.45, 2.75) is 58.8 Å². The van der Waals surface area contributed by atoms with E-state index in [0.29, 0.717) is 11.8 Å². The lowest BCUT2D eigenvalue weighted by atomic mass is 9.71. The van der Waals surface area contributed by atoms with Crippen LogP contribution in [-0.2, 0) is 0 Å². The van der Waals surface area contributed by atoms with E-state index in [4.69, 9.17) is 5.21 Å². The van der Waals surface area contributed by atoms with E-state index in [0.717, 1.165) is 25.0 Å². The maximum atomic E-state index is 9.10. The standard InChI is InChI=1S/C18H19NO.2C2H6/c20-19-16-11-12-17(14-7-3-1-4-8-14)18(13-16)15-9-5-2-6-10-15;2*1-2/h1-10,17-18,20H,11-13H2;2*1-2H3. The summed E-state index contributed by atoms with van der Waals surface area (Å²) in [4.78, 5) is 0. The fourth-order valence-electron chi connectivity index (χ4n) is 3.26. The molecule has 0 heterocycles. The smallest absolute Gasteiger partial charge is 0.0577 e. The molecule has 3 rings (SSSR count). The molecule has 0 aliphatic heterocycles. The predicted molar refractivity (Wildman–Crippen MR) is 104 cm³/mol. The molecular weight excluding hydrogens is 294 g/mol. The lowest BCUT2D eigenvalue weighted by Gasteiger charge is -2.32. The van der Waals surface area contributed by atoms with Gasteiger partial charge in [0, 0.05) is 0 Å². The Balaban J connectivity index is 0.000000671. The van der Waals surface area contributed by atoms with Crippen LogP contribution in [0.4, 0.5) is 0 Å². The minimum absolute atomic E-state index is 0.401. The van der Waals surface area contributed by atoms with Crippen molar-refractivity contribution in [3.05, 3.63) is 71.8 Å². The summed E-state index contributed by atoms with van der Waals surface area (Å²) < 4.78 is 0. The average molecular weight is 325 g/mol. The van der Waals surface area contributed by atoms with Gasteiger partial charge < -0.3 is 5.21 Å². The Kier molecular flexibility index (Phi) is 9.52. The number of benzene rings is 2. The summed E-state index contributed by atoms with van der Waals surface area (Å²) in [5, 5.41) is 12.6. The topological polar surface area (TPSA) is 32.6 Å². The maximum absolute atomic E-state index is 9.10. The molecule has 2 atom stereocenters. The maximum Gasteiger partial charge on any atom is 0.0577 e. The third-order valence-electron chi connectivity index (χ3n) is 4.28. The third kappa shape index (κ3) is 5.23. The number of oxime groups is 1. The Bertz CT molecular complexity index is 577. The summed E-state index contributed by atoms with van der Waals surface area (Å²) in [5.74, 6) is 0.905. The van der Waals surface area contributed by atoms with Crippen molar-refractivity contribution in [2.75, 3.05) is 0 Å². The second-order valence-corrected chi connectivity index (χ2v) is 5.44. The lowest BCUT2D eigenvalue weighted by Crippen LogP contribution is -2.22. The van der Waals surface area contributed by atoms with Gasteiger partial charge in [-0.15, -0.1) is 0 Å². The number of nitrogens with zero attached hydrogens (tertiary/aromatic N) is 1. The van der Waals surface area contributed by atoms with Gasteiger partial charge in [-0.2, -0.15) is 0 Å². The van der Waals surface area contributed by atoms with Crippen molar-refractivity contribution in [3.8, 4) is 0 Å². The summed E-state index contributed by atoms with van der Waals surface area (Å²) in [6.45, 7) is 8.00. The van der Waals surface area contributed by atoms with Crippen molar-refractivity contribution < 1.29 is 5.21 Å². The van der Waals surface area contributed by atoms with Gasteiger partial charge in [0.15, 0.2) is 0 Å². The first-order valence-electron chi connectivity index (χ1n) is 9.18. The van der Waals surface area contributed by atoms with Crippen LogP contribution in [-0.4, -0.2) is 10.9 Å². The molecule has 2 heteroatoms. The molecule has 0 spiro atoms. The SMILES string of the molecule is CC.CC.ON=C1CCC(c2ccccc2)C(c2ccccc2)C1. The van der Waals surface area contributed by atoms with Crippen molar-refractivity contribution in [3.63, 3.8) is 0 Å². The normalized spacial score (nSPS) is 21.1. The van der Waals surface area contributed by atoms with Crippen LogP contribution in [0.25, 0.3) is 0 Å². The zero-order valence-corrected chi connectivity index (χ0v) is 15.4. The summed E-state index contributed by atoms with van der Waals surface area (Å²) in [6.07, 6.45) is 2.78. The highest BCUT2D eigenvalue weighted by Gasteiger charge is 2.30. The first-order chi connectivity index (χ1) is 11.9. The Morgan fingerprint density at radius 3 is 1.67 bits per heavy atom. The van der Waals surface area contributed by atoms with E-state index in [-0.39, 0.29) is 0 Å². The van der Waals surface area contributed by atoms with Crippen molar-refractivity contribution >= 4 is 5.71 Å². The molecule has 1 fully saturated rings. The first-order valence-corrected chi connectivity index (χ1v) is 9.18. The van der Waals surface area contributed by atoms with E-state index >= 15 is 0 Å². The Hall–Kier alpha value is -2.09. The number of hydrogen-bond donors (Lipinski definition) is 1. The number of hydrogen-bond acceptors (Lipinski definition) is 2. The largest absolute Gasteiger partial charge is 0.411 e. The Morgan fingerprint density at radius 1 is 0.750 bits per heavy atom. The quantitative estimate of drug-likeness (QED) is 0.488. The first kappa shape index (κ1) is 20.0. The van der Waals surface area contributed by atoms with Crippen LogP contribution in [0.5, 0.6) is 0 Å². The van der Waals surface area contributed by atoms with Gasteiger partial charge in [-0.1, -0.05) is 93.5 Å². The van der Waals surface area contributed by atoms with Crippen LogP contribution >= 0.6 is 0 Å². The molecular formula is C22H31NO. The van der Waals surface area contributed by atoms with E-state index in [1.54, 1.807) is 0 Å². The van der Waals surface area contributed by atoms with Crippen molar-refractivity contribution in [2.24, 2.45) is 5.16 Å². The molecule has 2 nitrogen and oxygen atoms in total. The van der Waals surface area contributed by atoms with Crippen LogP contribution in [0.3, 0.4) is 0 Å². The monoisotopic (exact) mass is 325 g/mol. The second-order valence-electron chi connectivity index (χ2n) is 5.44. The lowest BCUT2D eigenvalue weighted by molar-refractivity contribution is 0.311. The zero-order chi connectivity index (χ0) is 17.8. The van der Waals surface area contributed by atoms with Crippen molar-refractivity contribution in [1.29, 1.82) is 0 Å². The molecule has 1 saturated carbocycles. The van der Waals surface area contributed by atoms with Crippen LogP contribution in [0.15, 0.2) is 65.8 Å². The van der Waals surface area contributed by atoms with E-state index in [9.17, 15) is 0 Å². The van der Waals surface area contributed by atoms with Gasteiger partial charge in [-0.05, 0) is 42.2 Å². The Morgan fingerprint density at radius 2 is 1.21 bits per heavy atom. The summed E-state index contributed by atoms with van der Waals surface area (Å²) in [6, 6.07) is 21.3. The Labute approximate surface area is 147 Å². The molecule has 1 aliphatic carbocycles. The van der Waals surface area contributed by atoms with Gasteiger partial charge >= 0.3 is 0 Å². The summed E-state index contributed by atoms with van der Waals surface area (Å²) in [5.41, 5.74) is 3.64. The molecule has 0 bridgehead atoms. The third-order valence-corrected chi connectivity index (χ3v) is 4.28. The fraction of sp³-hybridized carbons (Fsp3) is 0.409. The molecule has 2 aromatic rings. The van der Waals surface area contributed by atoms with Gasteiger partial charge in [-0.25, -0.2) is 0 Å². The van der Waals surface area contributed by atoms with Crippen LogP contribution in [0.2, 0.25) is 0 Å². The van der Waals surface area contributed by atoms with E-state index in [2.05, 4.69) is 59.8 Å². The van der Waals surface area contributed by atoms with Gasteiger partial charge in [-0.3, -0.25) is 0 Å². The fourth-order valence-corrected chi connectivity index (χ4v) is 3.26. The van der Waals surface area contributed by atoms with Gasteiger partial charge in [0.1, 0.15) is 0 Å². The molecule has 0 amide bonds. The highest BCUT2D eigenvalue weighted by molar-refractivity contribution is 5.85.